The van der Waals surface area contributed by atoms with Gasteiger partial charge < -0.3 is 9.64 Å². The van der Waals surface area contributed by atoms with Gasteiger partial charge in [-0.15, -0.1) is 0 Å². The van der Waals surface area contributed by atoms with Crippen LogP contribution < -0.4 is 5.48 Å². The van der Waals surface area contributed by atoms with Crippen molar-refractivity contribution in [3.63, 3.8) is 0 Å². The van der Waals surface area contributed by atoms with E-state index in [9.17, 15) is 9.59 Å². The van der Waals surface area contributed by atoms with E-state index in [-0.39, 0.29) is 25.0 Å². The topological polar surface area (TPSA) is 78.9 Å². The highest BCUT2D eigenvalue weighted by atomic mass is 16.6. The van der Waals surface area contributed by atoms with E-state index in [0.717, 1.165) is 18.4 Å². The van der Waals surface area contributed by atoms with Crippen LogP contribution in [-0.4, -0.2) is 35.2 Å². The van der Waals surface area contributed by atoms with E-state index in [1.54, 1.807) is 10.4 Å². The largest absolute Gasteiger partial charge is 0.445 e. The first-order valence-corrected chi connectivity index (χ1v) is 7.75. The summed E-state index contributed by atoms with van der Waals surface area (Å²) in [6.45, 7) is 1.55. The van der Waals surface area contributed by atoms with E-state index in [1.807, 2.05) is 36.4 Å². The van der Waals surface area contributed by atoms with Crippen LogP contribution in [0, 0.1) is 0 Å². The first-order chi connectivity index (χ1) is 11.2. The standard InChI is InChI=1S/C17H22N2O4/c20-16(18-22)8-4-7-14-9-11-19(12-10-14)17(21)23-13-15-5-2-1-3-6-15/h1-3,5-7,22H,4,8-13H2,(H,18,20). The van der Waals surface area contributed by atoms with Crippen molar-refractivity contribution in [2.24, 2.45) is 0 Å². The monoisotopic (exact) mass is 318 g/mol. The van der Waals surface area contributed by atoms with E-state index in [4.69, 9.17) is 9.94 Å². The molecule has 124 valence electrons. The molecule has 1 aliphatic heterocycles. The van der Waals surface area contributed by atoms with Gasteiger partial charge in [0.1, 0.15) is 6.61 Å². The molecular formula is C17H22N2O4. The van der Waals surface area contributed by atoms with Crippen LogP contribution in [0.2, 0.25) is 0 Å². The Morgan fingerprint density at radius 3 is 2.57 bits per heavy atom. The lowest BCUT2D eigenvalue weighted by atomic mass is 10.0. The molecule has 1 fully saturated rings. The quantitative estimate of drug-likeness (QED) is 0.497. The number of hydroxylamine groups is 1. The van der Waals surface area contributed by atoms with E-state index < -0.39 is 0 Å². The summed E-state index contributed by atoms with van der Waals surface area (Å²) in [6.07, 6.45) is 4.18. The molecule has 2 amide bonds. The Labute approximate surface area is 135 Å². The molecular weight excluding hydrogens is 296 g/mol. The Hall–Kier alpha value is -2.34. The Morgan fingerprint density at radius 2 is 1.91 bits per heavy atom. The van der Waals surface area contributed by atoms with E-state index in [2.05, 4.69) is 0 Å². The maximum atomic E-state index is 12.0. The van der Waals surface area contributed by atoms with Crippen LogP contribution in [0.1, 0.15) is 31.2 Å². The zero-order valence-corrected chi connectivity index (χ0v) is 13.0. The van der Waals surface area contributed by atoms with E-state index in [1.165, 1.54) is 5.57 Å². The Morgan fingerprint density at radius 1 is 1.22 bits per heavy atom. The predicted octanol–water partition coefficient (Wildman–Crippen LogP) is 2.63. The lowest BCUT2D eigenvalue weighted by Gasteiger charge is -2.27. The fourth-order valence-electron chi connectivity index (χ4n) is 2.45. The maximum absolute atomic E-state index is 12.0. The number of allylic oxidation sites excluding steroid dienone is 1. The highest BCUT2D eigenvalue weighted by molar-refractivity contribution is 5.74. The number of carbonyl (C=O) groups excluding carboxylic acids is 2. The summed E-state index contributed by atoms with van der Waals surface area (Å²) in [7, 11) is 0. The summed E-state index contributed by atoms with van der Waals surface area (Å²) in [5.41, 5.74) is 3.83. The average Bonchev–Trinajstić information content (AvgIpc) is 2.61. The molecule has 6 nitrogen and oxygen atoms in total. The zero-order valence-electron chi connectivity index (χ0n) is 13.0. The number of ether oxygens (including phenoxy) is 1. The first-order valence-electron chi connectivity index (χ1n) is 7.75. The van der Waals surface area contributed by atoms with Crippen LogP contribution in [0.5, 0.6) is 0 Å². The number of rotatable bonds is 5. The minimum absolute atomic E-state index is 0.267. The second-order valence-electron chi connectivity index (χ2n) is 5.46. The summed E-state index contributed by atoms with van der Waals surface area (Å²) < 4.78 is 5.32. The molecule has 0 saturated carbocycles. The fraction of sp³-hybridized carbons (Fsp3) is 0.412. The fourth-order valence-corrected chi connectivity index (χ4v) is 2.45. The van der Waals surface area contributed by atoms with Gasteiger partial charge >= 0.3 is 6.09 Å². The van der Waals surface area contributed by atoms with Crippen LogP contribution in [0.4, 0.5) is 4.79 Å². The normalized spacial score (nSPS) is 14.3. The Kier molecular flexibility index (Phi) is 6.62. The lowest BCUT2D eigenvalue weighted by molar-refractivity contribution is -0.129. The van der Waals surface area contributed by atoms with Crippen molar-refractivity contribution in [1.82, 2.24) is 10.4 Å². The minimum Gasteiger partial charge on any atom is -0.445 e. The van der Waals surface area contributed by atoms with Gasteiger partial charge in [0.2, 0.25) is 5.91 Å². The van der Waals surface area contributed by atoms with Gasteiger partial charge in [0.15, 0.2) is 0 Å². The molecule has 1 saturated heterocycles. The van der Waals surface area contributed by atoms with Crippen LogP contribution >= 0.6 is 0 Å². The maximum Gasteiger partial charge on any atom is 0.410 e. The molecule has 0 unspecified atom stereocenters. The van der Waals surface area contributed by atoms with Crippen LogP contribution in [0.25, 0.3) is 0 Å². The number of nitrogens with one attached hydrogen (secondary N) is 1. The van der Waals surface area contributed by atoms with Crippen molar-refractivity contribution in [2.45, 2.75) is 32.3 Å². The number of benzene rings is 1. The third-order valence-electron chi connectivity index (χ3n) is 3.80. The van der Waals surface area contributed by atoms with Crippen molar-refractivity contribution >= 4 is 12.0 Å². The first kappa shape index (κ1) is 17.0. The van der Waals surface area contributed by atoms with Crippen molar-refractivity contribution < 1.29 is 19.5 Å². The molecule has 2 N–H and O–H groups in total. The van der Waals surface area contributed by atoms with Gasteiger partial charge in [0, 0.05) is 19.5 Å². The molecule has 6 heteroatoms. The molecule has 1 heterocycles. The number of likely N-dealkylation sites (tertiary alicyclic amines) is 1. The molecule has 1 aromatic carbocycles. The average molecular weight is 318 g/mol. The molecule has 0 spiro atoms. The summed E-state index contributed by atoms with van der Waals surface area (Å²) in [5.74, 6) is -0.385. The van der Waals surface area contributed by atoms with Crippen molar-refractivity contribution in [1.29, 1.82) is 0 Å². The van der Waals surface area contributed by atoms with Crippen LogP contribution in [0.3, 0.4) is 0 Å². The molecule has 0 radical (unpaired) electrons. The molecule has 2 rings (SSSR count). The van der Waals surface area contributed by atoms with Gasteiger partial charge in [-0.3, -0.25) is 10.0 Å². The number of hydrogen-bond donors (Lipinski definition) is 2. The van der Waals surface area contributed by atoms with Crippen molar-refractivity contribution in [3.8, 4) is 0 Å². The van der Waals surface area contributed by atoms with E-state index >= 15 is 0 Å². The third kappa shape index (κ3) is 5.75. The predicted molar refractivity (Wildman–Crippen MR) is 84.7 cm³/mol. The summed E-state index contributed by atoms with van der Waals surface area (Å²) in [4.78, 5) is 24.7. The van der Waals surface area contributed by atoms with Gasteiger partial charge in [-0.05, 0) is 24.8 Å². The number of carbonyl (C=O) groups is 2. The third-order valence-corrected chi connectivity index (χ3v) is 3.80. The Bertz CT molecular complexity index is 547. The van der Waals surface area contributed by atoms with Gasteiger partial charge in [0.05, 0.1) is 0 Å². The molecule has 0 aliphatic carbocycles. The number of amides is 2. The number of nitrogens with zero attached hydrogens (tertiary/aromatic N) is 1. The summed E-state index contributed by atoms with van der Waals surface area (Å²) in [5, 5.41) is 8.42. The van der Waals surface area contributed by atoms with Crippen molar-refractivity contribution in [3.05, 3.63) is 47.5 Å². The minimum atomic E-state index is -0.385. The van der Waals surface area contributed by atoms with Gasteiger partial charge in [-0.1, -0.05) is 42.0 Å². The highest BCUT2D eigenvalue weighted by Gasteiger charge is 2.20. The number of piperidine rings is 1. The SMILES string of the molecule is O=C(CCC=C1CCN(C(=O)OCc2ccccc2)CC1)NO. The summed E-state index contributed by atoms with van der Waals surface area (Å²) in [6, 6.07) is 9.60. The molecule has 1 aromatic rings. The van der Waals surface area contributed by atoms with Crippen LogP contribution in [0.15, 0.2) is 42.0 Å². The van der Waals surface area contributed by atoms with Crippen molar-refractivity contribution in [2.75, 3.05) is 13.1 Å². The second-order valence-corrected chi connectivity index (χ2v) is 5.46. The smallest absolute Gasteiger partial charge is 0.410 e. The molecule has 23 heavy (non-hydrogen) atoms. The van der Waals surface area contributed by atoms with Gasteiger partial charge in [-0.25, -0.2) is 10.3 Å². The van der Waals surface area contributed by atoms with Crippen LogP contribution in [-0.2, 0) is 16.1 Å². The second kappa shape index (κ2) is 8.95. The zero-order chi connectivity index (χ0) is 16.5. The Balaban J connectivity index is 1.70. The molecule has 0 aromatic heterocycles. The van der Waals surface area contributed by atoms with E-state index in [0.29, 0.717) is 19.5 Å². The summed E-state index contributed by atoms with van der Waals surface area (Å²) >= 11 is 0. The molecule has 0 atom stereocenters. The lowest BCUT2D eigenvalue weighted by Crippen LogP contribution is -2.36. The number of hydrogen-bond acceptors (Lipinski definition) is 4. The molecule has 1 aliphatic rings. The highest BCUT2D eigenvalue weighted by Crippen LogP contribution is 2.18. The van der Waals surface area contributed by atoms with Gasteiger partial charge in [0.25, 0.3) is 0 Å². The van der Waals surface area contributed by atoms with Gasteiger partial charge in [-0.2, -0.15) is 0 Å². The molecule has 0 bridgehead atoms.